The molecule has 0 bridgehead atoms. The second kappa shape index (κ2) is 6.76. The van der Waals surface area contributed by atoms with Crippen molar-refractivity contribution >= 4 is 0 Å². The van der Waals surface area contributed by atoms with Crippen molar-refractivity contribution in [2.24, 2.45) is 13.0 Å². The molecular weight excluding hydrogens is 288 g/mol. The van der Waals surface area contributed by atoms with Crippen LogP contribution in [0, 0.1) is 5.92 Å². The summed E-state index contributed by atoms with van der Waals surface area (Å²) in [6.45, 7) is 8.86. The van der Waals surface area contributed by atoms with E-state index >= 15 is 0 Å². The molecule has 1 fully saturated rings. The lowest BCUT2D eigenvalue weighted by atomic mass is 10.00. The molecule has 3 rings (SSSR count). The number of hydrogen-bond acceptors (Lipinski definition) is 5. The summed E-state index contributed by atoms with van der Waals surface area (Å²) in [5.74, 6) is 1.41. The lowest BCUT2D eigenvalue weighted by Crippen LogP contribution is -2.53. The SMILES string of the molecule is CC(C)C1CN(Cc2cnc(-c3cnn(C)c3)nc2)CCN1C. The molecule has 6 heteroatoms. The smallest absolute Gasteiger partial charge is 0.162 e. The van der Waals surface area contributed by atoms with Gasteiger partial charge in [0.05, 0.1) is 11.8 Å². The van der Waals surface area contributed by atoms with Crippen molar-refractivity contribution in [1.82, 2.24) is 29.5 Å². The van der Waals surface area contributed by atoms with Crippen LogP contribution in [0.1, 0.15) is 19.4 Å². The second-order valence-corrected chi connectivity index (χ2v) is 6.84. The largest absolute Gasteiger partial charge is 0.301 e. The number of likely N-dealkylation sites (N-methyl/N-ethyl adjacent to an activating group) is 1. The van der Waals surface area contributed by atoms with Crippen LogP contribution in [-0.2, 0) is 13.6 Å². The van der Waals surface area contributed by atoms with Crippen LogP contribution in [0.2, 0.25) is 0 Å². The van der Waals surface area contributed by atoms with E-state index in [0.717, 1.165) is 37.6 Å². The number of hydrogen-bond donors (Lipinski definition) is 0. The van der Waals surface area contributed by atoms with Gasteiger partial charge in [0.25, 0.3) is 0 Å². The monoisotopic (exact) mass is 314 g/mol. The molecule has 1 atom stereocenters. The lowest BCUT2D eigenvalue weighted by Gasteiger charge is -2.41. The van der Waals surface area contributed by atoms with E-state index in [1.165, 1.54) is 5.56 Å². The van der Waals surface area contributed by atoms with Gasteiger partial charge in [0, 0.05) is 63.4 Å². The molecule has 1 unspecified atom stereocenters. The van der Waals surface area contributed by atoms with Crippen LogP contribution < -0.4 is 0 Å². The standard InChI is InChI=1S/C17H26N6/c1-13(2)16-12-23(6-5-21(16)3)10-14-7-18-17(19-8-14)15-9-20-22(4)11-15/h7-9,11,13,16H,5-6,10,12H2,1-4H3. The van der Waals surface area contributed by atoms with Gasteiger partial charge in [-0.2, -0.15) is 5.10 Å². The molecule has 3 heterocycles. The summed E-state index contributed by atoms with van der Waals surface area (Å²) in [5.41, 5.74) is 2.13. The van der Waals surface area contributed by atoms with Crippen molar-refractivity contribution in [1.29, 1.82) is 0 Å². The van der Waals surface area contributed by atoms with Gasteiger partial charge < -0.3 is 4.90 Å². The number of rotatable bonds is 4. The predicted octanol–water partition coefficient (Wildman–Crippen LogP) is 1.65. The first kappa shape index (κ1) is 16.1. The van der Waals surface area contributed by atoms with E-state index in [0.29, 0.717) is 12.0 Å². The highest BCUT2D eigenvalue weighted by Crippen LogP contribution is 2.18. The van der Waals surface area contributed by atoms with Gasteiger partial charge >= 0.3 is 0 Å². The molecule has 1 saturated heterocycles. The first-order valence-electron chi connectivity index (χ1n) is 8.25. The first-order chi connectivity index (χ1) is 11.0. The maximum absolute atomic E-state index is 4.50. The minimum Gasteiger partial charge on any atom is -0.301 e. The van der Waals surface area contributed by atoms with E-state index in [4.69, 9.17) is 0 Å². The Morgan fingerprint density at radius 3 is 2.48 bits per heavy atom. The van der Waals surface area contributed by atoms with Gasteiger partial charge in [0.15, 0.2) is 5.82 Å². The topological polar surface area (TPSA) is 50.1 Å². The third-order valence-corrected chi connectivity index (χ3v) is 4.62. The van der Waals surface area contributed by atoms with Gasteiger partial charge in [0.1, 0.15) is 0 Å². The summed E-state index contributed by atoms with van der Waals surface area (Å²) in [6.07, 6.45) is 7.61. The van der Waals surface area contributed by atoms with Crippen molar-refractivity contribution in [3.8, 4) is 11.4 Å². The van der Waals surface area contributed by atoms with Crippen LogP contribution in [0.4, 0.5) is 0 Å². The first-order valence-corrected chi connectivity index (χ1v) is 8.25. The predicted molar refractivity (Wildman–Crippen MR) is 90.8 cm³/mol. The van der Waals surface area contributed by atoms with Crippen LogP contribution in [0.3, 0.4) is 0 Å². The molecule has 2 aromatic rings. The molecule has 0 aromatic carbocycles. The molecule has 0 spiro atoms. The Labute approximate surface area is 138 Å². The van der Waals surface area contributed by atoms with Gasteiger partial charge in [-0.1, -0.05) is 13.8 Å². The Balaban J connectivity index is 1.64. The quantitative estimate of drug-likeness (QED) is 0.859. The van der Waals surface area contributed by atoms with Crippen molar-refractivity contribution in [2.45, 2.75) is 26.4 Å². The average molecular weight is 314 g/mol. The zero-order chi connectivity index (χ0) is 16.4. The summed E-state index contributed by atoms with van der Waals surface area (Å²) in [4.78, 5) is 14.0. The zero-order valence-electron chi connectivity index (χ0n) is 14.5. The molecule has 0 radical (unpaired) electrons. The molecule has 0 amide bonds. The lowest BCUT2D eigenvalue weighted by molar-refractivity contribution is 0.0655. The van der Waals surface area contributed by atoms with Gasteiger partial charge in [-0.15, -0.1) is 0 Å². The van der Waals surface area contributed by atoms with Crippen LogP contribution in [-0.4, -0.2) is 62.3 Å². The summed E-state index contributed by atoms with van der Waals surface area (Å²) >= 11 is 0. The number of piperazine rings is 1. The normalized spacial score (nSPS) is 20.3. The van der Waals surface area contributed by atoms with Gasteiger partial charge in [-0.05, 0) is 13.0 Å². The van der Waals surface area contributed by atoms with E-state index in [9.17, 15) is 0 Å². The third-order valence-electron chi connectivity index (χ3n) is 4.62. The Bertz CT molecular complexity index is 633. The van der Waals surface area contributed by atoms with E-state index < -0.39 is 0 Å². The number of aryl methyl sites for hydroxylation is 1. The van der Waals surface area contributed by atoms with E-state index in [1.54, 1.807) is 10.9 Å². The summed E-state index contributed by atoms with van der Waals surface area (Å²) < 4.78 is 1.77. The molecule has 0 N–H and O–H groups in total. The van der Waals surface area contributed by atoms with Gasteiger partial charge in [-0.25, -0.2) is 9.97 Å². The highest BCUT2D eigenvalue weighted by atomic mass is 15.3. The summed E-state index contributed by atoms with van der Waals surface area (Å²) in [5, 5.41) is 4.16. The average Bonchev–Trinajstić information content (AvgIpc) is 2.96. The third kappa shape index (κ3) is 3.76. The zero-order valence-corrected chi connectivity index (χ0v) is 14.5. The second-order valence-electron chi connectivity index (χ2n) is 6.84. The van der Waals surface area contributed by atoms with Crippen LogP contribution in [0.15, 0.2) is 24.8 Å². The highest BCUT2D eigenvalue weighted by molar-refractivity contribution is 5.51. The Kier molecular flexibility index (Phi) is 4.73. The van der Waals surface area contributed by atoms with Crippen molar-refractivity contribution in [2.75, 3.05) is 26.7 Å². The minimum atomic E-state index is 0.624. The fraction of sp³-hybridized carbons (Fsp3) is 0.588. The molecule has 1 aliphatic rings. The van der Waals surface area contributed by atoms with Crippen LogP contribution >= 0.6 is 0 Å². The fourth-order valence-corrected chi connectivity index (χ4v) is 3.20. The molecule has 23 heavy (non-hydrogen) atoms. The Hall–Kier alpha value is -1.79. The molecule has 0 aliphatic carbocycles. The van der Waals surface area contributed by atoms with Crippen LogP contribution in [0.5, 0.6) is 0 Å². The van der Waals surface area contributed by atoms with Crippen molar-refractivity contribution in [3.63, 3.8) is 0 Å². The maximum atomic E-state index is 4.50. The highest BCUT2D eigenvalue weighted by Gasteiger charge is 2.26. The van der Waals surface area contributed by atoms with Gasteiger partial charge in [-0.3, -0.25) is 9.58 Å². The molecule has 124 valence electrons. The molecule has 6 nitrogen and oxygen atoms in total. The van der Waals surface area contributed by atoms with E-state index in [2.05, 4.69) is 45.8 Å². The molecule has 1 aliphatic heterocycles. The number of aromatic nitrogens is 4. The fourth-order valence-electron chi connectivity index (χ4n) is 3.20. The van der Waals surface area contributed by atoms with Crippen LogP contribution in [0.25, 0.3) is 11.4 Å². The summed E-state index contributed by atoms with van der Waals surface area (Å²) in [7, 11) is 4.13. The molecular formula is C17H26N6. The van der Waals surface area contributed by atoms with E-state index in [-0.39, 0.29) is 0 Å². The Morgan fingerprint density at radius 2 is 1.87 bits per heavy atom. The van der Waals surface area contributed by atoms with Crippen molar-refractivity contribution in [3.05, 3.63) is 30.4 Å². The van der Waals surface area contributed by atoms with Crippen molar-refractivity contribution < 1.29 is 0 Å². The van der Waals surface area contributed by atoms with Gasteiger partial charge in [0.2, 0.25) is 0 Å². The minimum absolute atomic E-state index is 0.624. The maximum Gasteiger partial charge on any atom is 0.162 e. The molecule has 2 aromatic heterocycles. The summed E-state index contributed by atoms with van der Waals surface area (Å²) in [6, 6.07) is 0.624. The van der Waals surface area contributed by atoms with E-state index in [1.807, 2.05) is 25.6 Å². The Morgan fingerprint density at radius 1 is 1.13 bits per heavy atom. The number of nitrogens with zero attached hydrogens (tertiary/aromatic N) is 6. The molecule has 0 saturated carbocycles.